The van der Waals surface area contributed by atoms with E-state index in [-0.39, 0.29) is 0 Å². The molecule has 0 aliphatic rings. The van der Waals surface area contributed by atoms with Gasteiger partial charge in [-0.15, -0.1) is 0 Å². The Hall–Kier alpha value is -1.20. The van der Waals surface area contributed by atoms with Gasteiger partial charge in [-0.3, -0.25) is 0 Å². The summed E-state index contributed by atoms with van der Waals surface area (Å²) in [6.07, 6.45) is 0.840. The first-order chi connectivity index (χ1) is 7.15. The Morgan fingerprint density at radius 3 is 2.73 bits per heavy atom. The molecule has 0 aromatic carbocycles. The predicted octanol–water partition coefficient (Wildman–Crippen LogP) is 1.11. The molecule has 1 aromatic rings. The van der Waals surface area contributed by atoms with E-state index in [1.165, 1.54) is 0 Å². The maximum absolute atomic E-state index is 5.33. The Morgan fingerprint density at radius 1 is 1.47 bits per heavy atom. The molecule has 0 spiro atoms. The lowest BCUT2D eigenvalue weighted by Crippen LogP contribution is -2.13. The predicted molar refractivity (Wildman–Crippen MR) is 59.1 cm³/mol. The molecule has 5 nitrogen and oxygen atoms in total. The van der Waals surface area contributed by atoms with Crippen LogP contribution in [0.2, 0.25) is 0 Å². The summed E-state index contributed by atoms with van der Waals surface area (Å²) in [5, 5.41) is 0. The van der Waals surface area contributed by atoms with Crippen LogP contribution in [0.25, 0.3) is 0 Å². The number of nitrogens with zero attached hydrogens (tertiary/aromatic N) is 2. The lowest BCUT2D eigenvalue weighted by Gasteiger charge is -2.08. The summed E-state index contributed by atoms with van der Waals surface area (Å²) in [6.45, 7) is 4.73. The monoisotopic (exact) mass is 210 g/mol. The zero-order valence-electron chi connectivity index (χ0n) is 9.45. The topological polar surface area (TPSA) is 73.1 Å². The van der Waals surface area contributed by atoms with Crippen LogP contribution < -0.4 is 11.3 Å². The minimum Gasteiger partial charge on any atom is -0.378 e. The first kappa shape index (κ1) is 11.9. The molecule has 0 amide bonds. The second kappa shape index (κ2) is 5.63. The Balaban J connectivity index is 2.89. The average molecular weight is 210 g/mol. The van der Waals surface area contributed by atoms with E-state index < -0.39 is 0 Å². The number of ether oxygens (including phenoxy) is 1. The van der Waals surface area contributed by atoms with Gasteiger partial charge in [-0.1, -0.05) is 13.8 Å². The highest BCUT2D eigenvalue weighted by atomic mass is 16.5. The van der Waals surface area contributed by atoms with Crippen LogP contribution in [0.1, 0.15) is 25.4 Å². The van der Waals surface area contributed by atoms with Crippen LogP contribution in [0.3, 0.4) is 0 Å². The number of nitrogen functional groups attached to an aromatic ring is 1. The quantitative estimate of drug-likeness (QED) is 0.562. The zero-order chi connectivity index (χ0) is 11.3. The molecule has 1 rings (SSSR count). The van der Waals surface area contributed by atoms with Crippen molar-refractivity contribution in [2.75, 3.05) is 12.5 Å². The van der Waals surface area contributed by atoms with E-state index in [0.29, 0.717) is 18.3 Å². The summed E-state index contributed by atoms with van der Waals surface area (Å²) in [5.41, 5.74) is 3.38. The molecule has 0 aliphatic carbocycles. The van der Waals surface area contributed by atoms with Crippen LogP contribution in [0.15, 0.2) is 6.07 Å². The lowest BCUT2D eigenvalue weighted by atomic mass is 10.1. The summed E-state index contributed by atoms with van der Waals surface area (Å²) in [4.78, 5) is 8.65. The molecule has 0 radical (unpaired) electrons. The first-order valence-electron chi connectivity index (χ1n) is 4.98. The number of nitrogens with one attached hydrogen (secondary N) is 1. The van der Waals surface area contributed by atoms with Crippen molar-refractivity contribution in [1.82, 2.24) is 9.97 Å². The molecule has 15 heavy (non-hydrogen) atoms. The zero-order valence-corrected chi connectivity index (χ0v) is 9.45. The molecule has 84 valence electrons. The number of nitrogens with two attached hydrogens (primary N) is 1. The van der Waals surface area contributed by atoms with Crippen molar-refractivity contribution >= 4 is 5.82 Å². The summed E-state index contributed by atoms with van der Waals surface area (Å²) in [6, 6.07) is 1.79. The Kier molecular flexibility index (Phi) is 4.45. The molecule has 3 N–H and O–H groups in total. The molecule has 0 fully saturated rings. The third-order valence-electron chi connectivity index (χ3n) is 1.86. The summed E-state index contributed by atoms with van der Waals surface area (Å²) < 4.78 is 5.03. The van der Waals surface area contributed by atoms with Crippen LogP contribution >= 0.6 is 0 Å². The van der Waals surface area contributed by atoms with E-state index in [2.05, 4.69) is 29.2 Å². The highest BCUT2D eigenvalue weighted by Crippen LogP contribution is 2.10. The maximum Gasteiger partial charge on any atom is 0.144 e. The SMILES string of the molecule is COCc1cc(NN)nc(CC(C)C)n1. The van der Waals surface area contributed by atoms with E-state index in [1.54, 1.807) is 13.2 Å². The van der Waals surface area contributed by atoms with Crippen molar-refractivity contribution in [3.63, 3.8) is 0 Å². The second-order valence-electron chi connectivity index (χ2n) is 3.84. The first-order valence-corrected chi connectivity index (χ1v) is 4.98. The van der Waals surface area contributed by atoms with Gasteiger partial charge in [0, 0.05) is 19.6 Å². The van der Waals surface area contributed by atoms with Gasteiger partial charge < -0.3 is 10.2 Å². The molecule has 0 bridgehead atoms. The fourth-order valence-electron chi connectivity index (χ4n) is 1.30. The summed E-state index contributed by atoms with van der Waals surface area (Å²) in [5.74, 6) is 7.29. The maximum atomic E-state index is 5.33. The van der Waals surface area contributed by atoms with E-state index in [4.69, 9.17) is 10.6 Å². The number of aromatic nitrogens is 2. The minimum absolute atomic E-state index is 0.474. The van der Waals surface area contributed by atoms with E-state index >= 15 is 0 Å². The molecular weight excluding hydrogens is 192 g/mol. The molecule has 0 unspecified atom stereocenters. The van der Waals surface area contributed by atoms with Gasteiger partial charge in [0.25, 0.3) is 0 Å². The second-order valence-corrected chi connectivity index (χ2v) is 3.84. The third kappa shape index (κ3) is 3.81. The van der Waals surface area contributed by atoms with Gasteiger partial charge in [0.05, 0.1) is 12.3 Å². The molecule has 5 heteroatoms. The minimum atomic E-state index is 0.474. The number of hydrogen-bond acceptors (Lipinski definition) is 5. The fourth-order valence-corrected chi connectivity index (χ4v) is 1.30. The number of methoxy groups -OCH3 is 1. The van der Waals surface area contributed by atoms with Gasteiger partial charge in [-0.05, 0) is 5.92 Å². The molecular formula is C10H18N4O. The Labute approximate surface area is 90.0 Å². The smallest absolute Gasteiger partial charge is 0.144 e. The van der Waals surface area contributed by atoms with Gasteiger partial charge in [0.15, 0.2) is 0 Å². The molecule has 1 heterocycles. The largest absolute Gasteiger partial charge is 0.378 e. The molecule has 1 aromatic heterocycles. The van der Waals surface area contributed by atoms with Crippen LogP contribution in [-0.2, 0) is 17.8 Å². The van der Waals surface area contributed by atoms with Crippen LogP contribution in [-0.4, -0.2) is 17.1 Å². The number of anilines is 1. The number of rotatable bonds is 5. The molecule has 0 atom stereocenters. The van der Waals surface area contributed by atoms with E-state index in [1.807, 2.05) is 0 Å². The normalized spacial score (nSPS) is 10.7. The molecule has 0 aliphatic heterocycles. The number of hydrogen-bond donors (Lipinski definition) is 2. The standard InChI is InChI=1S/C10H18N4O/c1-7(2)4-9-12-8(6-15-3)5-10(13-9)14-11/h5,7H,4,6,11H2,1-3H3,(H,12,13,14). The molecule has 0 saturated heterocycles. The van der Waals surface area contributed by atoms with Gasteiger partial charge >= 0.3 is 0 Å². The summed E-state index contributed by atoms with van der Waals surface area (Å²) >= 11 is 0. The molecule has 0 saturated carbocycles. The van der Waals surface area contributed by atoms with Gasteiger partial charge in [-0.25, -0.2) is 15.8 Å². The number of hydrazine groups is 1. The van der Waals surface area contributed by atoms with Crippen molar-refractivity contribution in [2.24, 2.45) is 11.8 Å². The van der Waals surface area contributed by atoms with Crippen molar-refractivity contribution in [3.05, 3.63) is 17.6 Å². The van der Waals surface area contributed by atoms with Crippen molar-refractivity contribution in [2.45, 2.75) is 26.9 Å². The van der Waals surface area contributed by atoms with Gasteiger partial charge in [0.1, 0.15) is 11.6 Å². The van der Waals surface area contributed by atoms with Crippen LogP contribution in [0.4, 0.5) is 5.82 Å². The van der Waals surface area contributed by atoms with Crippen molar-refractivity contribution in [3.8, 4) is 0 Å². The van der Waals surface area contributed by atoms with Crippen LogP contribution in [0, 0.1) is 5.92 Å². The lowest BCUT2D eigenvalue weighted by molar-refractivity contribution is 0.181. The third-order valence-corrected chi connectivity index (χ3v) is 1.86. The van der Waals surface area contributed by atoms with Gasteiger partial charge in [-0.2, -0.15) is 0 Å². The average Bonchev–Trinajstić information content (AvgIpc) is 2.16. The Bertz CT molecular complexity index is 314. The van der Waals surface area contributed by atoms with Crippen molar-refractivity contribution < 1.29 is 4.74 Å². The van der Waals surface area contributed by atoms with E-state index in [0.717, 1.165) is 17.9 Å². The van der Waals surface area contributed by atoms with Crippen molar-refractivity contribution in [1.29, 1.82) is 0 Å². The Morgan fingerprint density at radius 2 is 2.20 bits per heavy atom. The van der Waals surface area contributed by atoms with E-state index in [9.17, 15) is 0 Å². The highest BCUT2D eigenvalue weighted by Gasteiger charge is 2.05. The van der Waals surface area contributed by atoms with Gasteiger partial charge in [0.2, 0.25) is 0 Å². The highest BCUT2D eigenvalue weighted by molar-refractivity contribution is 5.34. The summed E-state index contributed by atoms with van der Waals surface area (Å²) in [7, 11) is 1.64. The fraction of sp³-hybridized carbons (Fsp3) is 0.600. The van der Waals surface area contributed by atoms with Crippen LogP contribution in [0.5, 0.6) is 0 Å².